The van der Waals surface area contributed by atoms with Crippen molar-refractivity contribution in [2.24, 2.45) is 5.92 Å². The molecule has 1 saturated carbocycles. The summed E-state index contributed by atoms with van der Waals surface area (Å²) in [5, 5.41) is 2.59. The van der Waals surface area contributed by atoms with Crippen molar-refractivity contribution in [3.8, 4) is 0 Å². The van der Waals surface area contributed by atoms with Gasteiger partial charge in [-0.1, -0.05) is 81.4 Å². The van der Waals surface area contributed by atoms with Gasteiger partial charge in [-0.15, -0.1) is 0 Å². The third kappa shape index (κ3) is 3.56. The number of hydrogen-bond acceptors (Lipinski definition) is 2. The highest BCUT2D eigenvalue weighted by Gasteiger charge is 2.51. The van der Waals surface area contributed by atoms with Gasteiger partial charge in [-0.25, -0.2) is 0 Å². The van der Waals surface area contributed by atoms with E-state index in [1.165, 1.54) is 23.2 Å². The van der Waals surface area contributed by atoms with Gasteiger partial charge in [0.1, 0.15) is 0 Å². The highest BCUT2D eigenvalue weighted by atomic mass is 28.4. The first-order valence-electron chi connectivity index (χ1n) is 10.5. The van der Waals surface area contributed by atoms with Gasteiger partial charge < -0.3 is 9.33 Å². The Labute approximate surface area is 169 Å². The maximum absolute atomic E-state index is 12.4. The summed E-state index contributed by atoms with van der Waals surface area (Å²) in [6.07, 6.45) is 2.98. The van der Waals surface area contributed by atoms with Gasteiger partial charge in [0.15, 0.2) is 0 Å². The molecule has 1 heterocycles. The molecular weight excluding hydrogens is 362 g/mol. The van der Waals surface area contributed by atoms with Crippen molar-refractivity contribution in [1.82, 2.24) is 4.90 Å². The first-order valence-corrected chi connectivity index (χ1v) is 12.4. The summed E-state index contributed by atoms with van der Waals surface area (Å²) in [5.41, 5.74) is 0. The SMILES string of the molecule is CC(C)(C)[Si](OCC1CC(=O)N(C2CC2)C1)(c1ccccc1)c1ccccc1. The summed E-state index contributed by atoms with van der Waals surface area (Å²) < 4.78 is 7.01. The Morgan fingerprint density at radius 2 is 1.50 bits per heavy atom. The topological polar surface area (TPSA) is 29.5 Å². The quantitative estimate of drug-likeness (QED) is 0.702. The summed E-state index contributed by atoms with van der Waals surface area (Å²) in [5.74, 6) is 0.619. The lowest BCUT2D eigenvalue weighted by Crippen LogP contribution is -2.67. The van der Waals surface area contributed by atoms with E-state index in [1.54, 1.807) is 0 Å². The molecule has 2 aliphatic rings. The maximum atomic E-state index is 12.4. The Hall–Kier alpha value is -1.91. The zero-order valence-electron chi connectivity index (χ0n) is 17.2. The highest BCUT2D eigenvalue weighted by molar-refractivity contribution is 6.99. The molecule has 1 aliphatic carbocycles. The van der Waals surface area contributed by atoms with Crippen LogP contribution in [-0.2, 0) is 9.22 Å². The van der Waals surface area contributed by atoms with Crippen LogP contribution in [0.15, 0.2) is 60.7 Å². The fourth-order valence-corrected chi connectivity index (χ4v) is 9.30. The van der Waals surface area contributed by atoms with Crippen LogP contribution in [0.2, 0.25) is 5.04 Å². The van der Waals surface area contributed by atoms with Gasteiger partial charge in [-0.05, 0) is 28.3 Å². The largest absolute Gasteiger partial charge is 0.407 e. The minimum absolute atomic E-state index is 0.0193. The predicted octanol–water partition coefficient (Wildman–Crippen LogP) is 3.57. The number of rotatable bonds is 6. The van der Waals surface area contributed by atoms with E-state index < -0.39 is 8.32 Å². The Bertz CT molecular complexity index is 772. The molecule has 0 radical (unpaired) electrons. The van der Waals surface area contributed by atoms with Crippen LogP contribution in [0.1, 0.15) is 40.0 Å². The van der Waals surface area contributed by atoms with E-state index in [-0.39, 0.29) is 5.04 Å². The zero-order chi connectivity index (χ0) is 19.8. The molecule has 1 amide bonds. The lowest BCUT2D eigenvalue weighted by atomic mass is 10.1. The van der Waals surface area contributed by atoms with Crippen LogP contribution < -0.4 is 10.4 Å². The molecule has 28 heavy (non-hydrogen) atoms. The van der Waals surface area contributed by atoms with Crippen LogP contribution in [0.4, 0.5) is 0 Å². The van der Waals surface area contributed by atoms with Gasteiger partial charge in [-0.3, -0.25) is 4.79 Å². The first kappa shape index (κ1) is 19.4. The molecule has 2 aromatic carbocycles. The van der Waals surface area contributed by atoms with Crippen LogP contribution >= 0.6 is 0 Å². The molecule has 4 rings (SSSR count). The molecule has 1 aliphatic heterocycles. The molecule has 2 aromatic rings. The Kier molecular flexibility index (Phi) is 5.19. The minimum atomic E-state index is -2.50. The van der Waals surface area contributed by atoms with Crippen molar-refractivity contribution >= 4 is 24.6 Å². The van der Waals surface area contributed by atoms with Gasteiger partial charge in [-0.2, -0.15) is 0 Å². The molecule has 148 valence electrons. The van der Waals surface area contributed by atoms with E-state index in [0.717, 1.165) is 6.54 Å². The van der Waals surface area contributed by atoms with Crippen LogP contribution in [-0.4, -0.2) is 38.3 Å². The number of hydrogen-bond donors (Lipinski definition) is 0. The first-order chi connectivity index (χ1) is 13.4. The van der Waals surface area contributed by atoms with Gasteiger partial charge in [0.25, 0.3) is 8.32 Å². The summed E-state index contributed by atoms with van der Waals surface area (Å²) >= 11 is 0. The van der Waals surface area contributed by atoms with Crippen molar-refractivity contribution < 1.29 is 9.22 Å². The predicted molar refractivity (Wildman–Crippen MR) is 116 cm³/mol. The van der Waals surface area contributed by atoms with Gasteiger partial charge in [0.2, 0.25) is 5.91 Å². The molecule has 0 N–H and O–H groups in total. The minimum Gasteiger partial charge on any atom is -0.407 e. The van der Waals surface area contributed by atoms with Crippen molar-refractivity contribution in [1.29, 1.82) is 0 Å². The third-order valence-corrected chi connectivity index (χ3v) is 11.2. The summed E-state index contributed by atoms with van der Waals surface area (Å²) in [6, 6.07) is 22.0. The molecule has 0 aromatic heterocycles. The molecular formula is C24H31NO2Si. The van der Waals surface area contributed by atoms with E-state index in [4.69, 9.17) is 4.43 Å². The van der Waals surface area contributed by atoms with Crippen molar-refractivity contribution in [3.63, 3.8) is 0 Å². The molecule has 2 fully saturated rings. The zero-order valence-corrected chi connectivity index (χ0v) is 18.2. The third-order valence-electron chi connectivity index (χ3n) is 6.18. The molecule has 0 spiro atoms. The number of carbonyl (C=O) groups excluding carboxylic acids is 1. The molecule has 3 nitrogen and oxygen atoms in total. The van der Waals surface area contributed by atoms with Gasteiger partial charge in [0, 0.05) is 31.5 Å². The van der Waals surface area contributed by atoms with Crippen LogP contribution in [0, 0.1) is 5.92 Å². The average Bonchev–Trinajstić information content (AvgIpc) is 3.46. The number of likely N-dealkylation sites (tertiary alicyclic amines) is 1. The average molecular weight is 394 g/mol. The summed E-state index contributed by atoms with van der Waals surface area (Å²) in [7, 11) is -2.50. The normalized spacial score (nSPS) is 20.6. The van der Waals surface area contributed by atoms with E-state index >= 15 is 0 Å². The fraction of sp³-hybridized carbons (Fsp3) is 0.458. The lowest BCUT2D eigenvalue weighted by molar-refractivity contribution is -0.128. The van der Waals surface area contributed by atoms with Crippen molar-refractivity contribution in [2.45, 2.75) is 51.1 Å². The standard InChI is InChI=1S/C24H31NO2Si/c1-24(2,3)28(21-10-6-4-7-11-21,22-12-8-5-9-13-22)27-18-19-16-23(26)25(17-19)20-14-15-20/h4-13,19-20H,14-18H2,1-3H3. The van der Waals surface area contributed by atoms with E-state index in [2.05, 4.69) is 86.3 Å². The second-order valence-electron chi connectivity index (χ2n) is 9.32. The summed E-state index contributed by atoms with van der Waals surface area (Å²) in [4.78, 5) is 14.5. The van der Waals surface area contributed by atoms with E-state index in [9.17, 15) is 4.79 Å². The number of nitrogens with zero attached hydrogens (tertiary/aromatic N) is 1. The Morgan fingerprint density at radius 3 is 1.96 bits per heavy atom. The Morgan fingerprint density at radius 1 is 0.964 bits per heavy atom. The van der Waals surface area contributed by atoms with Gasteiger partial charge >= 0.3 is 0 Å². The van der Waals surface area contributed by atoms with E-state index in [1.807, 2.05) is 0 Å². The molecule has 0 bridgehead atoms. The maximum Gasteiger partial charge on any atom is 0.261 e. The lowest BCUT2D eigenvalue weighted by Gasteiger charge is -2.43. The second kappa shape index (κ2) is 7.49. The van der Waals surface area contributed by atoms with Crippen molar-refractivity contribution in [2.75, 3.05) is 13.2 Å². The number of carbonyl (C=O) groups is 1. The number of amides is 1. The Balaban J connectivity index is 1.66. The van der Waals surface area contributed by atoms with Gasteiger partial charge in [0.05, 0.1) is 0 Å². The summed E-state index contributed by atoms with van der Waals surface area (Å²) in [6.45, 7) is 8.42. The second-order valence-corrected chi connectivity index (χ2v) is 13.6. The smallest absolute Gasteiger partial charge is 0.261 e. The van der Waals surface area contributed by atoms with Crippen molar-refractivity contribution in [3.05, 3.63) is 60.7 Å². The fourth-order valence-electron chi connectivity index (χ4n) is 4.66. The molecule has 1 unspecified atom stereocenters. The highest BCUT2D eigenvalue weighted by Crippen LogP contribution is 2.38. The van der Waals surface area contributed by atoms with E-state index in [0.29, 0.717) is 30.9 Å². The molecule has 1 saturated heterocycles. The van der Waals surface area contributed by atoms with Crippen LogP contribution in [0.3, 0.4) is 0 Å². The monoisotopic (exact) mass is 393 g/mol. The number of benzene rings is 2. The van der Waals surface area contributed by atoms with Crippen LogP contribution in [0.25, 0.3) is 0 Å². The molecule has 4 heteroatoms. The van der Waals surface area contributed by atoms with Crippen LogP contribution in [0.5, 0.6) is 0 Å². The molecule has 1 atom stereocenters.